The maximum Gasteiger partial charge on any atom is 0.268 e. The van der Waals surface area contributed by atoms with E-state index in [1.807, 2.05) is 55.5 Å². The van der Waals surface area contributed by atoms with Crippen LogP contribution in [0.15, 0.2) is 77.7 Å². The van der Waals surface area contributed by atoms with Crippen LogP contribution in [0.25, 0.3) is 21.8 Å². The average Bonchev–Trinajstić information content (AvgIpc) is 2.90. The lowest BCUT2D eigenvalue weighted by Gasteiger charge is -2.09. The summed E-state index contributed by atoms with van der Waals surface area (Å²) >= 11 is 0. The van der Waals surface area contributed by atoms with Crippen LogP contribution in [0.1, 0.15) is 5.56 Å². The Hall–Kier alpha value is -2.59. The van der Waals surface area contributed by atoms with Gasteiger partial charge in [0.2, 0.25) is 0 Å². The molecule has 0 amide bonds. The fourth-order valence-electron chi connectivity index (χ4n) is 3.01. The third-order valence-electron chi connectivity index (χ3n) is 4.07. The maximum absolute atomic E-state index is 13.2. The van der Waals surface area contributed by atoms with E-state index in [2.05, 4.69) is 0 Å². The number of para-hydroxylation sites is 1. The third-order valence-corrected chi connectivity index (χ3v) is 5.81. The topological polar surface area (TPSA) is 39.1 Å². The Morgan fingerprint density at radius 3 is 2.17 bits per heavy atom. The predicted molar refractivity (Wildman–Crippen MR) is 93.2 cm³/mol. The SMILES string of the molecule is Cc1ccc2c(c1)c1ccccc1n2S(=O)(=O)c1ccccc1. The monoisotopic (exact) mass is 321 g/mol. The van der Waals surface area contributed by atoms with Gasteiger partial charge < -0.3 is 0 Å². The Bertz CT molecular complexity index is 1130. The van der Waals surface area contributed by atoms with Crippen LogP contribution in [0.4, 0.5) is 0 Å². The number of hydrogen-bond acceptors (Lipinski definition) is 2. The first-order valence-electron chi connectivity index (χ1n) is 7.39. The standard InChI is InChI=1S/C19H15NO2S/c1-14-11-12-19-17(13-14)16-9-5-6-10-18(16)20(19)23(21,22)15-7-3-2-4-8-15/h2-13H,1H3. The Kier molecular flexibility index (Phi) is 3.03. The molecule has 0 aliphatic heterocycles. The van der Waals surface area contributed by atoms with Crippen LogP contribution in [0.3, 0.4) is 0 Å². The Morgan fingerprint density at radius 2 is 1.39 bits per heavy atom. The van der Waals surface area contributed by atoms with Gasteiger partial charge in [0.25, 0.3) is 10.0 Å². The van der Waals surface area contributed by atoms with E-state index in [9.17, 15) is 8.42 Å². The summed E-state index contributed by atoms with van der Waals surface area (Å²) in [5, 5.41) is 1.91. The predicted octanol–water partition coefficient (Wildman–Crippen LogP) is 4.34. The van der Waals surface area contributed by atoms with Gasteiger partial charge >= 0.3 is 0 Å². The van der Waals surface area contributed by atoms with Gasteiger partial charge in [-0.05, 0) is 37.3 Å². The Morgan fingerprint density at radius 1 is 0.739 bits per heavy atom. The molecule has 0 fully saturated rings. The highest BCUT2D eigenvalue weighted by Crippen LogP contribution is 2.32. The average molecular weight is 321 g/mol. The molecular weight excluding hydrogens is 306 g/mol. The molecule has 0 aliphatic carbocycles. The van der Waals surface area contributed by atoms with Crippen LogP contribution in [0.2, 0.25) is 0 Å². The summed E-state index contributed by atoms with van der Waals surface area (Å²) in [6.45, 7) is 2.01. The van der Waals surface area contributed by atoms with Gasteiger partial charge in [-0.1, -0.05) is 48.0 Å². The summed E-state index contributed by atoms with van der Waals surface area (Å²) < 4.78 is 27.8. The van der Waals surface area contributed by atoms with Crippen molar-refractivity contribution in [1.82, 2.24) is 3.97 Å². The van der Waals surface area contributed by atoms with E-state index in [1.54, 1.807) is 24.3 Å². The molecule has 114 valence electrons. The molecule has 0 saturated heterocycles. The molecule has 3 aromatic carbocycles. The number of hydrogen-bond donors (Lipinski definition) is 0. The van der Waals surface area contributed by atoms with Gasteiger partial charge in [-0.3, -0.25) is 0 Å². The highest BCUT2D eigenvalue weighted by molar-refractivity contribution is 7.90. The number of aromatic nitrogens is 1. The van der Waals surface area contributed by atoms with Crippen molar-refractivity contribution >= 4 is 31.8 Å². The van der Waals surface area contributed by atoms with E-state index in [0.717, 1.165) is 16.3 Å². The number of rotatable bonds is 2. The zero-order valence-corrected chi connectivity index (χ0v) is 13.4. The minimum Gasteiger partial charge on any atom is -0.233 e. The smallest absolute Gasteiger partial charge is 0.233 e. The number of benzene rings is 3. The minimum absolute atomic E-state index is 0.295. The van der Waals surface area contributed by atoms with Crippen LogP contribution in [-0.2, 0) is 10.0 Å². The summed E-state index contributed by atoms with van der Waals surface area (Å²) in [6, 6.07) is 22.0. The van der Waals surface area contributed by atoms with Gasteiger partial charge in [0.15, 0.2) is 0 Å². The highest BCUT2D eigenvalue weighted by Gasteiger charge is 2.22. The van der Waals surface area contributed by atoms with E-state index in [0.29, 0.717) is 15.9 Å². The van der Waals surface area contributed by atoms with Crippen LogP contribution in [0.5, 0.6) is 0 Å². The molecule has 0 spiro atoms. The first kappa shape index (κ1) is 14.0. The van der Waals surface area contributed by atoms with Crippen molar-refractivity contribution in [3.63, 3.8) is 0 Å². The second-order valence-corrected chi connectivity index (χ2v) is 7.41. The minimum atomic E-state index is -3.65. The fourth-order valence-corrected chi connectivity index (χ4v) is 4.56. The molecule has 4 heteroatoms. The van der Waals surface area contributed by atoms with Crippen LogP contribution in [-0.4, -0.2) is 12.4 Å². The van der Waals surface area contributed by atoms with Gasteiger partial charge in [-0.15, -0.1) is 0 Å². The van der Waals surface area contributed by atoms with Gasteiger partial charge in [0.1, 0.15) is 0 Å². The molecule has 3 nitrogen and oxygen atoms in total. The molecule has 23 heavy (non-hydrogen) atoms. The number of aryl methyl sites for hydroxylation is 1. The van der Waals surface area contributed by atoms with Crippen LogP contribution < -0.4 is 0 Å². The molecule has 4 aromatic rings. The van der Waals surface area contributed by atoms with E-state index in [4.69, 9.17) is 0 Å². The van der Waals surface area contributed by atoms with Gasteiger partial charge in [-0.2, -0.15) is 0 Å². The molecule has 4 rings (SSSR count). The van der Waals surface area contributed by atoms with Crippen molar-refractivity contribution in [1.29, 1.82) is 0 Å². The molecule has 0 bridgehead atoms. The van der Waals surface area contributed by atoms with Crippen molar-refractivity contribution in [2.45, 2.75) is 11.8 Å². The van der Waals surface area contributed by atoms with Crippen molar-refractivity contribution in [3.8, 4) is 0 Å². The van der Waals surface area contributed by atoms with Crippen molar-refractivity contribution in [2.75, 3.05) is 0 Å². The summed E-state index contributed by atoms with van der Waals surface area (Å²) in [5.74, 6) is 0. The fraction of sp³-hybridized carbons (Fsp3) is 0.0526. The molecule has 0 atom stereocenters. The molecule has 0 aliphatic rings. The zero-order valence-electron chi connectivity index (χ0n) is 12.6. The van der Waals surface area contributed by atoms with E-state index in [1.165, 1.54) is 3.97 Å². The van der Waals surface area contributed by atoms with Gasteiger partial charge in [0.05, 0.1) is 15.9 Å². The molecule has 0 unspecified atom stereocenters. The summed E-state index contributed by atoms with van der Waals surface area (Å²) in [7, 11) is -3.65. The zero-order chi connectivity index (χ0) is 16.0. The molecule has 0 N–H and O–H groups in total. The van der Waals surface area contributed by atoms with E-state index in [-0.39, 0.29) is 0 Å². The Balaban J connectivity index is 2.18. The molecule has 1 heterocycles. The molecule has 0 saturated carbocycles. The quantitative estimate of drug-likeness (QED) is 0.551. The molecule has 1 aromatic heterocycles. The maximum atomic E-state index is 13.2. The second kappa shape index (κ2) is 4.96. The van der Waals surface area contributed by atoms with E-state index >= 15 is 0 Å². The summed E-state index contributed by atoms with van der Waals surface area (Å²) in [6.07, 6.45) is 0. The first-order valence-corrected chi connectivity index (χ1v) is 8.83. The summed E-state index contributed by atoms with van der Waals surface area (Å²) in [5.41, 5.74) is 2.52. The first-order chi connectivity index (χ1) is 11.1. The molecular formula is C19H15NO2S. The largest absolute Gasteiger partial charge is 0.268 e. The third kappa shape index (κ3) is 2.06. The summed E-state index contributed by atoms with van der Waals surface area (Å²) in [4.78, 5) is 0.295. The second-order valence-electron chi connectivity index (χ2n) is 5.62. The molecule has 0 radical (unpaired) electrons. The number of nitrogens with zero attached hydrogens (tertiary/aromatic N) is 1. The Labute approximate surface area is 134 Å². The van der Waals surface area contributed by atoms with Crippen molar-refractivity contribution < 1.29 is 8.42 Å². The normalized spacial score (nSPS) is 12.0. The van der Waals surface area contributed by atoms with Crippen LogP contribution in [0, 0.1) is 6.92 Å². The highest BCUT2D eigenvalue weighted by atomic mass is 32.2. The van der Waals surface area contributed by atoms with E-state index < -0.39 is 10.0 Å². The lowest BCUT2D eigenvalue weighted by atomic mass is 10.1. The van der Waals surface area contributed by atoms with Crippen molar-refractivity contribution in [2.24, 2.45) is 0 Å². The van der Waals surface area contributed by atoms with Crippen LogP contribution >= 0.6 is 0 Å². The van der Waals surface area contributed by atoms with Crippen molar-refractivity contribution in [3.05, 3.63) is 78.4 Å². The van der Waals surface area contributed by atoms with Gasteiger partial charge in [-0.25, -0.2) is 12.4 Å². The lowest BCUT2D eigenvalue weighted by Crippen LogP contribution is -2.12. The number of fused-ring (bicyclic) bond motifs is 3. The lowest BCUT2D eigenvalue weighted by molar-refractivity contribution is 0.590. The van der Waals surface area contributed by atoms with Gasteiger partial charge in [0, 0.05) is 10.8 Å².